The Balaban J connectivity index is 1.48. The average Bonchev–Trinajstić information content (AvgIpc) is 2.91. The van der Waals surface area contributed by atoms with Crippen molar-refractivity contribution in [1.29, 1.82) is 0 Å². The van der Waals surface area contributed by atoms with Crippen molar-refractivity contribution in [2.45, 2.75) is 50.9 Å². The van der Waals surface area contributed by atoms with Crippen LogP contribution in [0.4, 0.5) is 23.7 Å². The van der Waals surface area contributed by atoms with Gasteiger partial charge in [0, 0.05) is 23.5 Å². The predicted octanol–water partition coefficient (Wildman–Crippen LogP) is 6.44. The van der Waals surface area contributed by atoms with Crippen LogP contribution in [-0.4, -0.2) is 32.2 Å². The van der Waals surface area contributed by atoms with Crippen LogP contribution in [0, 0.1) is 6.92 Å². The molecule has 0 bridgehead atoms. The van der Waals surface area contributed by atoms with Crippen molar-refractivity contribution in [3.8, 4) is 22.5 Å². The maximum atomic E-state index is 13.3. The van der Waals surface area contributed by atoms with E-state index in [1.54, 1.807) is 13.0 Å². The number of fused-ring (bicyclic) bond motifs is 1. The van der Waals surface area contributed by atoms with Crippen molar-refractivity contribution >= 4 is 11.7 Å². The lowest BCUT2D eigenvalue weighted by atomic mass is 9.70. The highest BCUT2D eigenvalue weighted by Crippen LogP contribution is 2.41. The van der Waals surface area contributed by atoms with Gasteiger partial charge in [-0.3, -0.25) is 0 Å². The summed E-state index contributed by atoms with van der Waals surface area (Å²) < 4.78 is 38.9. The molecule has 1 aliphatic rings. The van der Waals surface area contributed by atoms with Crippen LogP contribution in [0.15, 0.2) is 73.1 Å². The number of benzene rings is 2. The normalized spacial score (nSPS) is 18.1. The zero-order valence-corrected chi connectivity index (χ0v) is 22.1. The van der Waals surface area contributed by atoms with E-state index in [-0.39, 0.29) is 5.41 Å². The number of carbonyl (C=O) groups excluding carboxylic acids is 1. The Bertz CT molecular complexity index is 1540. The van der Waals surface area contributed by atoms with Crippen LogP contribution in [0.3, 0.4) is 0 Å². The molecule has 7 nitrogen and oxygen atoms in total. The second kappa shape index (κ2) is 10.3. The van der Waals surface area contributed by atoms with Gasteiger partial charge in [-0.1, -0.05) is 68.4 Å². The molecule has 1 aliphatic carbocycles. The average molecular weight is 548 g/mol. The van der Waals surface area contributed by atoms with E-state index in [9.17, 15) is 23.1 Å². The minimum absolute atomic E-state index is 0.246. The van der Waals surface area contributed by atoms with E-state index < -0.39 is 30.2 Å². The number of hydrogen-bond acceptors (Lipinski definition) is 5. The van der Waals surface area contributed by atoms with E-state index in [4.69, 9.17) is 4.98 Å². The molecular formula is C30H28F3N5O2. The number of nitrogens with one attached hydrogen (secondary N) is 2. The largest absolute Gasteiger partial charge is 0.451 e. The highest BCUT2D eigenvalue weighted by Gasteiger charge is 2.39. The van der Waals surface area contributed by atoms with Gasteiger partial charge in [0.15, 0.2) is 0 Å². The smallest absolute Gasteiger partial charge is 0.391 e. The molecule has 4 aromatic rings. The summed E-state index contributed by atoms with van der Waals surface area (Å²) in [6.45, 7) is 5.87. The topological polar surface area (TPSA) is 100 Å². The third-order valence-corrected chi connectivity index (χ3v) is 7.10. The molecule has 3 N–H and O–H groups in total. The van der Waals surface area contributed by atoms with E-state index in [2.05, 4.69) is 34.4 Å². The lowest BCUT2D eigenvalue weighted by Crippen LogP contribution is -2.45. The Labute approximate surface area is 229 Å². The molecule has 2 heterocycles. The van der Waals surface area contributed by atoms with Crippen LogP contribution in [0.5, 0.6) is 0 Å². The predicted molar refractivity (Wildman–Crippen MR) is 145 cm³/mol. The van der Waals surface area contributed by atoms with Crippen LogP contribution in [0.2, 0.25) is 0 Å². The lowest BCUT2D eigenvalue weighted by Gasteiger charge is -2.40. The van der Waals surface area contributed by atoms with Crippen molar-refractivity contribution in [2.75, 3.05) is 5.32 Å². The molecule has 0 spiro atoms. The Morgan fingerprint density at radius 3 is 2.30 bits per heavy atom. The molecule has 0 aliphatic heterocycles. The fourth-order valence-corrected chi connectivity index (χ4v) is 5.23. The van der Waals surface area contributed by atoms with Crippen LogP contribution in [0.1, 0.15) is 48.8 Å². The Hall–Kier alpha value is -4.31. The van der Waals surface area contributed by atoms with Crippen molar-refractivity contribution in [1.82, 2.24) is 20.3 Å². The Morgan fingerprint density at radius 2 is 1.62 bits per heavy atom. The number of anilines is 1. The maximum Gasteiger partial charge on any atom is 0.451 e. The molecule has 2 amide bonds. The van der Waals surface area contributed by atoms with Gasteiger partial charge >= 0.3 is 12.2 Å². The van der Waals surface area contributed by atoms with Gasteiger partial charge in [-0.05, 0) is 41.5 Å². The van der Waals surface area contributed by atoms with Crippen molar-refractivity contribution in [3.05, 3.63) is 95.6 Å². The third kappa shape index (κ3) is 5.40. The van der Waals surface area contributed by atoms with E-state index >= 15 is 0 Å². The van der Waals surface area contributed by atoms with E-state index in [0.29, 0.717) is 40.2 Å². The summed E-state index contributed by atoms with van der Waals surface area (Å²) in [5.41, 5.74) is 4.48. The summed E-state index contributed by atoms with van der Waals surface area (Å²) in [4.78, 5) is 24.9. The fraction of sp³-hybridized carbons (Fsp3) is 0.267. The number of aliphatic hydroxyl groups excluding tert-OH is 1. The first-order valence-corrected chi connectivity index (χ1v) is 12.8. The van der Waals surface area contributed by atoms with Gasteiger partial charge in [-0.2, -0.15) is 13.2 Å². The number of pyridine rings is 1. The van der Waals surface area contributed by atoms with Gasteiger partial charge in [0.1, 0.15) is 0 Å². The van der Waals surface area contributed by atoms with Gasteiger partial charge < -0.3 is 15.7 Å². The zero-order valence-electron chi connectivity index (χ0n) is 22.1. The summed E-state index contributed by atoms with van der Waals surface area (Å²) in [6, 6.07) is 17.4. The standard InChI is InChI=1S/C30H28F3N5O2/c1-17-13-22(36-28(40)38-26-20-11-7-8-12-21(20)29(2,3)14-23(26)39)25(18-9-5-4-6-10-18)37-24(17)19-15-34-27(35-16-19)30(31,32)33/h4-13,15-16,23,26,39H,14H2,1-3H3,(H2,36,38,40)/t23-,26?/m1/s1. The molecule has 0 radical (unpaired) electrons. The lowest BCUT2D eigenvalue weighted by molar-refractivity contribution is -0.144. The molecule has 206 valence electrons. The fourth-order valence-electron chi connectivity index (χ4n) is 5.23. The number of nitrogens with zero attached hydrogens (tertiary/aromatic N) is 3. The molecular weight excluding hydrogens is 519 g/mol. The number of carbonyl (C=O) groups is 1. The Morgan fingerprint density at radius 1 is 0.975 bits per heavy atom. The minimum Gasteiger partial charge on any atom is -0.391 e. The van der Waals surface area contributed by atoms with Gasteiger partial charge in [0.2, 0.25) is 5.82 Å². The van der Waals surface area contributed by atoms with Crippen molar-refractivity contribution in [2.24, 2.45) is 0 Å². The van der Waals surface area contributed by atoms with Crippen LogP contribution in [-0.2, 0) is 11.6 Å². The third-order valence-electron chi connectivity index (χ3n) is 7.10. The second-order valence-electron chi connectivity index (χ2n) is 10.5. The zero-order chi connectivity index (χ0) is 28.7. The highest BCUT2D eigenvalue weighted by molar-refractivity contribution is 5.94. The van der Waals surface area contributed by atoms with E-state index in [0.717, 1.165) is 23.5 Å². The minimum atomic E-state index is -4.65. The van der Waals surface area contributed by atoms with Gasteiger partial charge in [0.05, 0.1) is 29.2 Å². The number of aliphatic hydroxyl groups is 1. The number of urea groups is 1. The maximum absolute atomic E-state index is 13.3. The van der Waals surface area contributed by atoms with Crippen molar-refractivity contribution in [3.63, 3.8) is 0 Å². The Kier molecular flexibility index (Phi) is 7.05. The van der Waals surface area contributed by atoms with Crippen LogP contribution >= 0.6 is 0 Å². The number of hydrogen-bond donors (Lipinski definition) is 3. The monoisotopic (exact) mass is 547 g/mol. The van der Waals surface area contributed by atoms with Crippen LogP contribution < -0.4 is 10.6 Å². The summed E-state index contributed by atoms with van der Waals surface area (Å²) in [7, 11) is 0. The molecule has 5 rings (SSSR count). The van der Waals surface area contributed by atoms with Crippen molar-refractivity contribution < 1.29 is 23.1 Å². The number of amides is 2. The second-order valence-corrected chi connectivity index (χ2v) is 10.5. The summed E-state index contributed by atoms with van der Waals surface area (Å²) in [5, 5.41) is 16.7. The molecule has 0 saturated heterocycles. The quantitative estimate of drug-likeness (QED) is 0.273. The highest BCUT2D eigenvalue weighted by atomic mass is 19.4. The summed E-state index contributed by atoms with van der Waals surface area (Å²) >= 11 is 0. The number of alkyl halides is 3. The van der Waals surface area contributed by atoms with Gasteiger partial charge in [-0.25, -0.2) is 19.7 Å². The first-order chi connectivity index (χ1) is 18.9. The number of aromatic nitrogens is 3. The summed E-state index contributed by atoms with van der Waals surface area (Å²) in [6.07, 6.45) is -2.79. The molecule has 0 saturated carbocycles. The van der Waals surface area contributed by atoms with Gasteiger partial charge in [-0.15, -0.1) is 0 Å². The SMILES string of the molecule is Cc1cc(NC(=O)NC2c3ccccc3C(C)(C)C[C@H]2O)c(-c2ccccc2)nc1-c1cnc(C(F)(F)F)nc1. The van der Waals surface area contributed by atoms with Crippen LogP contribution in [0.25, 0.3) is 22.5 Å². The summed E-state index contributed by atoms with van der Waals surface area (Å²) in [5.74, 6) is -1.23. The molecule has 2 atom stereocenters. The van der Waals surface area contributed by atoms with Gasteiger partial charge in [0.25, 0.3) is 0 Å². The molecule has 2 aromatic carbocycles. The number of halogens is 3. The first-order valence-electron chi connectivity index (χ1n) is 12.8. The van der Waals surface area contributed by atoms with E-state index in [1.165, 1.54) is 0 Å². The van der Waals surface area contributed by atoms with E-state index in [1.807, 2.05) is 54.6 Å². The molecule has 2 aromatic heterocycles. The molecule has 40 heavy (non-hydrogen) atoms. The number of rotatable bonds is 4. The molecule has 1 unspecified atom stereocenters. The molecule has 10 heteroatoms. The molecule has 0 fully saturated rings. The number of aryl methyl sites for hydroxylation is 1. The first kappa shape index (κ1) is 27.3.